The first-order chi connectivity index (χ1) is 24.3. The lowest BCUT2D eigenvalue weighted by atomic mass is 9.88. The summed E-state index contributed by atoms with van der Waals surface area (Å²) in [5.74, 6) is 1.63. The third kappa shape index (κ3) is 5.42. The second-order valence-electron chi connectivity index (χ2n) is 12.2. The fraction of sp³-hybridized carbons (Fsp3) is 0.0222. The summed E-state index contributed by atoms with van der Waals surface area (Å²) in [5.41, 5.74) is 10.3. The van der Waals surface area contributed by atoms with E-state index in [2.05, 4.69) is 169 Å². The van der Waals surface area contributed by atoms with Crippen molar-refractivity contribution in [3.8, 4) is 33.4 Å². The first kappa shape index (κ1) is 29.1. The molecular weight excluding hydrogens is 615 g/mol. The maximum absolute atomic E-state index is 5.33. The zero-order valence-electron chi connectivity index (χ0n) is 26.6. The second-order valence-corrected chi connectivity index (χ2v) is 13.3. The van der Waals surface area contributed by atoms with Crippen molar-refractivity contribution in [2.24, 2.45) is 9.98 Å². The largest absolute Gasteiger partial charge is 0.324 e. The Morgan fingerprint density at radius 3 is 1.47 bits per heavy atom. The summed E-state index contributed by atoms with van der Waals surface area (Å²) in [7, 11) is 0. The third-order valence-electron chi connectivity index (χ3n) is 9.16. The first-order valence-corrected chi connectivity index (χ1v) is 17.3. The molecule has 49 heavy (non-hydrogen) atoms. The van der Waals surface area contributed by atoms with Gasteiger partial charge in [-0.1, -0.05) is 158 Å². The van der Waals surface area contributed by atoms with Gasteiger partial charge in [-0.05, 0) is 51.6 Å². The Balaban J connectivity index is 1.29. The fourth-order valence-electron chi connectivity index (χ4n) is 6.88. The molecule has 1 aliphatic heterocycles. The normalized spacial score (nSPS) is 13.2. The van der Waals surface area contributed by atoms with Crippen LogP contribution in [0.5, 0.6) is 0 Å². The van der Waals surface area contributed by atoms with Crippen molar-refractivity contribution >= 4 is 43.2 Å². The predicted octanol–water partition coefficient (Wildman–Crippen LogP) is 11.6. The van der Waals surface area contributed by atoms with Gasteiger partial charge in [0.1, 0.15) is 11.7 Å². The molecule has 0 bridgehead atoms. The number of nitrogens with one attached hydrogen (secondary N) is 1. The number of rotatable bonds is 6. The van der Waals surface area contributed by atoms with Crippen LogP contribution < -0.4 is 5.32 Å². The van der Waals surface area contributed by atoms with Gasteiger partial charge in [-0.2, -0.15) is 0 Å². The Kier molecular flexibility index (Phi) is 7.41. The summed E-state index contributed by atoms with van der Waals surface area (Å²) in [6, 6.07) is 62.2. The van der Waals surface area contributed by atoms with Crippen LogP contribution in [0, 0.1) is 0 Å². The highest BCUT2D eigenvalue weighted by molar-refractivity contribution is 7.25. The number of hydrogen-bond donors (Lipinski definition) is 1. The van der Waals surface area contributed by atoms with Crippen molar-refractivity contribution in [2.75, 3.05) is 0 Å². The smallest absolute Gasteiger partial charge is 0.170 e. The van der Waals surface area contributed by atoms with Crippen molar-refractivity contribution in [1.82, 2.24) is 5.32 Å². The van der Waals surface area contributed by atoms with Crippen LogP contribution in [0.15, 0.2) is 186 Å². The van der Waals surface area contributed by atoms with E-state index in [1.807, 2.05) is 23.5 Å². The molecule has 0 unspecified atom stereocenters. The van der Waals surface area contributed by atoms with Crippen molar-refractivity contribution in [1.29, 1.82) is 0 Å². The minimum absolute atomic E-state index is 0.448. The average molecular weight is 646 g/mol. The monoisotopic (exact) mass is 645 g/mol. The van der Waals surface area contributed by atoms with Crippen LogP contribution in [0.2, 0.25) is 0 Å². The maximum atomic E-state index is 5.33. The summed E-state index contributed by atoms with van der Waals surface area (Å²) >= 11 is 1.83. The van der Waals surface area contributed by atoms with E-state index in [-0.39, 0.29) is 0 Å². The molecule has 0 saturated carbocycles. The van der Waals surface area contributed by atoms with E-state index in [1.54, 1.807) is 0 Å². The van der Waals surface area contributed by atoms with Gasteiger partial charge in [0.25, 0.3) is 0 Å². The summed E-state index contributed by atoms with van der Waals surface area (Å²) in [6.07, 6.45) is -0.448. The first-order valence-electron chi connectivity index (χ1n) is 16.5. The lowest BCUT2D eigenvalue weighted by molar-refractivity contribution is 0.763. The molecule has 1 aromatic heterocycles. The van der Waals surface area contributed by atoms with Crippen LogP contribution in [-0.2, 0) is 0 Å². The van der Waals surface area contributed by atoms with Crippen LogP contribution in [0.3, 0.4) is 0 Å². The van der Waals surface area contributed by atoms with Crippen LogP contribution in [-0.4, -0.2) is 11.7 Å². The topological polar surface area (TPSA) is 36.8 Å². The molecule has 1 aliphatic rings. The van der Waals surface area contributed by atoms with Gasteiger partial charge in [-0.25, -0.2) is 9.98 Å². The van der Waals surface area contributed by atoms with Gasteiger partial charge in [-0.15, -0.1) is 11.3 Å². The zero-order chi connectivity index (χ0) is 32.6. The number of benzene rings is 7. The molecular formula is C45H31N3S. The number of aliphatic imine (C=N–C) groups is 2. The van der Waals surface area contributed by atoms with Crippen molar-refractivity contribution in [2.45, 2.75) is 6.17 Å². The van der Waals surface area contributed by atoms with E-state index in [4.69, 9.17) is 9.98 Å². The molecule has 0 spiro atoms. The van der Waals surface area contributed by atoms with Crippen molar-refractivity contribution in [3.63, 3.8) is 0 Å². The zero-order valence-corrected chi connectivity index (χ0v) is 27.4. The van der Waals surface area contributed by atoms with E-state index in [0.29, 0.717) is 0 Å². The molecule has 7 aromatic carbocycles. The summed E-state index contributed by atoms with van der Waals surface area (Å²) in [5, 5.41) is 6.01. The van der Waals surface area contributed by atoms with Crippen LogP contribution in [0.1, 0.15) is 22.9 Å². The molecule has 0 fully saturated rings. The second kappa shape index (κ2) is 12.5. The highest BCUT2D eigenvalue weighted by atomic mass is 32.1. The van der Waals surface area contributed by atoms with Gasteiger partial charge in [0, 0.05) is 36.9 Å². The Hall–Kier alpha value is -6.10. The molecule has 1 N–H and O–H groups in total. The maximum Gasteiger partial charge on any atom is 0.170 e. The highest BCUT2D eigenvalue weighted by Gasteiger charge is 2.25. The van der Waals surface area contributed by atoms with E-state index in [0.717, 1.165) is 33.9 Å². The standard InChI is InChI=1S/C45H31N3S/c1-4-16-30(17-5-1)34-22-10-12-24-36(34)37-25-13-11-23-35(37)33-28-39(42-38-26-14-15-27-40(38)49-41(42)29-33)45-47-43(31-18-6-2-7-19-31)46-44(48-45)32-20-8-3-9-21-32/h1-29,45H,(H,46,47,48). The van der Waals surface area contributed by atoms with E-state index >= 15 is 0 Å². The molecule has 0 radical (unpaired) electrons. The van der Waals surface area contributed by atoms with Gasteiger partial charge in [-0.3, -0.25) is 0 Å². The van der Waals surface area contributed by atoms with E-state index in [9.17, 15) is 0 Å². The van der Waals surface area contributed by atoms with Crippen molar-refractivity contribution in [3.05, 3.63) is 193 Å². The lowest BCUT2D eigenvalue weighted by Gasteiger charge is -2.23. The summed E-state index contributed by atoms with van der Waals surface area (Å²) in [6.45, 7) is 0. The molecule has 0 aliphatic carbocycles. The molecule has 3 nitrogen and oxygen atoms in total. The minimum Gasteiger partial charge on any atom is -0.324 e. The van der Waals surface area contributed by atoms with E-state index < -0.39 is 6.17 Å². The average Bonchev–Trinajstić information content (AvgIpc) is 3.57. The van der Waals surface area contributed by atoms with Crippen LogP contribution >= 0.6 is 11.3 Å². The Morgan fingerprint density at radius 1 is 0.408 bits per heavy atom. The number of fused-ring (bicyclic) bond motifs is 3. The SMILES string of the molecule is c1ccc(C2=NC(c3cc(-c4ccccc4-c4ccccc4-c4ccccc4)cc4sc5ccccc5c34)N=C(c3ccccc3)N2)cc1. The molecule has 0 saturated heterocycles. The molecule has 0 amide bonds. The summed E-state index contributed by atoms with van der Waals surface area (Å²) < 4.78 is 2.48. The van der Waals surface area contributed by atoms with Crippen LogP contribution in [0.25, 0.3) is 53.6 Å². The molecule has 2 heterocycles. The Labute approximate surface area is 289 Å². The molecule has 0 atom stereocenters. The Morgan fingerprint density at radius 2 is 0.878 bits per heavy atom. The lowest BCUT2D eigenvalue weighted by Crippen LogP contribution is -2.36. The number of nitrogens with zero attached hydrogens (tertiary/aromatic N) is 2. The van der Waals surface area contributed by atoms with Gasteiger partial charge in [0.15, 0.2) is 6.17 Å². The quantitative estimate of drug-likeness (QED) is 0.192. The molecule has 232 valence electrons. The number of amidine groups is 2. The van der Waals surface area contributed by atoms with Gasteiger partial charge >= 0.3 is 0 Å². The highest BCUT2D eigenvalue weighted by Crippen LogP contribution is 2.45. The van der Waals surface area contributed by atoms with Crippen LogP contribution in [0.4, 0.5) is 0 Å². The fourth-order valence-corrected chi connectivity index (χ4v) is 8.06. The molecule has 8 aromatic rings. The predicted molar refractivity (Wildman–Crippen MR) is 207 cm³/mol. The van der Waals surface area contributed by atoms with Gasteiger partial charge in [0.05, 0.1) is 0 Å². The Bertz CT molecular complexity index is 2460. The molecule has 9 rings (SSSR count). The third-order valence-corrected chi connectivity index (χ3v) is 10.3. The molecule has 4 heteroatoms. The van der Waals surface area contributed by atoms with Crippen molar-refractivity contribution < 1.29 is 0 Å². The number of hydrogen-bond acceptors (Lipinski definition) is 4. The summed E-state index contributed by atoms with van der Waals surface area (Å²) in [4.78, 5) is 10.7. The van der Waals surface area contributed by atoms with Gasteiger partial charge in [0.2, 0.25) is 0 Å². The van der Waals surface area contributed by atoms with Gasteiger partial charge < -0.3 is 5.32 Å². The minimum atomic E-state index is -0.448. The van der Waals surface area contributed by atoms with E-state index in [1.165, 1.54) is 48.0 Å². The number of thiophene rings is 1.